The molecule has 0 saturated carbocycles. The molecule has 1 heterocycles. The third-order valence-electron chi connectivity index (χ3n) is 4.68. The van der Waals surface area contributed by atoms with Crippen LogP contribution in [-0.4, -0.2) is 19.3 Å². The SMILES string of the molecule is COC(=O)c1c(SC)c(-c2ccccc2)cc2c1-c1ccoc1CC2. The van der Waals surface area contributed by atoms with E-state index in [1.165, 1.54) is 12.7 Å². The zero-order valence-corrected chi connectivity index (χ0v) is 15.0. The van der Waals surface area contributed by atoms with Gasteiger partial charge >= 0.3 is 5.97 Å². The third-order valence-corrected chi connectivity index (χ3v) is 5.51. The maximum atomic E-state index is 12.7. The van der Waals surface area contributed by atoms with Crippen molar-refractivity contribution in [1.82, 2.24) is 0 Å². The van der Waals surface area contributed by atoms with Crippen molar-refractivity contribution in [2.75, 3.05) is 13.4 Å². The average Bonchev–Trinajstić information content (AvgIpc) is 3.15. The number of rotatable bonds is 3. The van der Waals surface area contributed by atoms with Gasteiger partial charge in [-0.1, -0.05) is 30.3 Å². The Labute approximate surface area is 151 Å². The van der Waals surface area contributed by atoms with Crippen molar-refractivity contribution in [2.45, 2.75) is 17.7 Å². The Balaban J connectivity index is 2.07. The van der Waals surface area contributed by atoms with E-state index in [9.17, 15) is 4.79 Å². The lowest BCUT2D eigenvalue weighted by Gasteiger charge is -2.23. The van der Waals surface area contributed by atoms with Crippen molar-refractivity contribution in [3.63, 3.8) is 0 Å². The highest BCUT2D eigenvalue weighted by Gasteiger charge is 2.29. The number of hydrogen-bond acceptors (Lipinski definition) is 4. The molecule has 0 radical (unpaired) electrons. The number of carbonyl (C=O) groups excluding carboxylic acids is 1. The lowest BCUT2D eigenvalue weighted by molar-refractivity contribution is 0.0597. The van der Waals surface area contributed by atoms with Crippen LogP contribution in [0.15, 0.2) is 58.0 Å². The van der Waals surface area contributed by atoms with E-state index in [1.54, 1.807) is 18.0 Å². The minimum atomic E-state index is -0.299. The molecule has 4 heteroatoms. The molecule has 0 amide bonds. The number of hydrogen-bond donors (Lipinski definition) is 0. The van der Waals surface area contributed by atoms with Crippen LogP contribution in [0.3, 0.4) is 0 Å². The first-order valence-electron chi connectivity index (χ1n) is 8.19. The van der Waals surface area contributed by atoms with Crippen molar-refractivity contribution in [1.29, 1.82) is 0 Å². The van der Waals surface area contributed by atoms with Gasteiger partial charge in [-0.3, -0.25) is 0 Å². The summed E-state index contributed by atoms with van der Waals surface area (Å²) < 4.78 is 10.8. The molecular formula is C21H18O3S. The second-order valence-electron chi connectivity index (χ2n) is 5.98. The van der Waals surface area contributed by atoms with Gasteiger partial charge < -0.3 is 9.15 Å². The van der Waals surface area contributed by atoms with Gasteiger partial charge in [-0.05, 0) is 41.5 Å². The number of carbonyl (C=O) groups is 1. The van der Waals surface area contributed by atoms with E-state index in [0.717, 1.165) is 45.8 Å². The zero-order valence-electron chi connectivity index (χ0n) is 14.2. The highest BCUT2D eigenvalue weighted by molar-refractivity contribution is 7.98. The summed E-state index contributed by atoms with van der Waals surface area (Å²) in [7, 11) is 1.44. The van der Waals surface area contributed by atoms with Crippen LogP contribution in [-0.2, 0) is 17.6 Å². The minimum absolute atomic E-state index is 0.299. The van der Waals surface area contributed by atoms with Crippen molar-refractivity contribution in [2.24, 2.45) is 0 Å². The second kappa shape index (κ2) is 6.45. The van der Waals surface area contributed by atoms with E-state index >= 15 is 0 Å². The molecule has 0 saturated heterocycles. The quantitative estimate of drug-likeness (QED) is 0.479. The largest absolute Gasteiger partial charge is 0.469 e. The Hall–Kier alpha value is -2.46. The second-order valence-corrected chi connectivity index (χ2v) is 6.80. The van der Waals surface area contributed by atoms with E-state index in [-0.39, 0.29) is 5.97 Å². The summed E-state index contributed by atoms with van der Waals surface area (Å²) in [6, 6.07) is 14.4. The van der Waals surface area contributed by atoms with Gasteiger partial charge in [-0.2, -0.15) is 0 Å². The fourth-order valence-corrected chi connectivity index (χ4v) is 4.36. The number of fused-ring (bicyclic) bond motifs is 3. The average molecular weight is 350 g/mol. The molecule has 1 aliphatic rings. The van der Waals surface area contributed by atoms with Gasteiger partial charge in [0, 0.05) is 22.4 Å². The van der Waals surface area contributed by atoms with E-state index < -0.39 is 0 Å². The van der Waals surface area contributed by atoms with Crippen LogP contribution in [0.5, 0.6) is 0 Å². The van der Waals surface area contributed by atoms with Gasteiger partial charge in [0.2, 0.25) is 0 Å². The van der Waals surface area contributed by atoms with Crippen LogP contribution >= 0.6 is 11.8 Å². The van der Waals surface area contributed by atoms with Crippen molar-refractivity contribution >= 4 is 17.7 Å². The van der Waals surface area contributed by atoms with E-state index in [0.29, 0.717) is 5.56 Å². The van der Waals surface area contributed by atoms with Crippen LogP contribution in [0.2, 0.25) is 0 Å². The van der Waals surface area contributed by atoms with Gasteiger partial charge in [0.25, 0.3) is 0 Å². The molecular weight excluding hydrogens is 332 g/mol. The summed E-state index contributed by atoms with van der Waals surface area (Å²) in [4.78, 5) is 13.7. The number of thioether (sulfide) groups is 1. The topological polar surface area (TPSA) is 39.4 Å². The van der Waals surface area contributed by atoms with Crippen LogP contribution in [0.25, 0.3) is 22.3 Å². The summed E-state index contributed by atoms with van der Waals surface area (Å²) in [6.07, 6.45) is 5.40. The molecule has 0 fully saturated rings. The molecule has 2 aromatic carbocycles. The Morgan fingerprint density at radius 2 is 1.92 bits per heavy atom. The minimum Gasteiger partial charge on any atom is -0.469 e. The predicted molar refractivity (Wildman–Crippen MR) is 100 cm³/mol. The number of furan rings is 1. The predicted octanol–water partition coefficient (Wildman–Crippen LogP) is 5.22. The Bertz CT molecular complexity index is 941. The summed E-state index contributed by atoms with van der Waals surface area (Å²) in [6.45, 7) is 0. The molecule has 0 unspecified atom stereocenters. The zero-order chi connectivity index (χ0) is 17.4. The summed E-state index contributed by atoms with van der Waals surface area (Å²) in [5, 5.41) is 0. The highest BCUT2D eigenvalue weighted by Crippen LogP contribution is 2.45. The normalized spacial score (nSPS) is 12.4. The summed E-state index contributed by atoms with van der Waals surface area (Å²) in [5.74, 6) is 0.643. The molecule has 0 aliphatic heterocycles. The van der Waals surface area contributed by atoms with Crippen LogP contribution < -0.4 is 0 Å². The highest BCUT2D eigenvalue weighted by atomic mass is 32.2. The standard InChI is InChI=1S/C21H18O3S/c1-23-21(22)19-18-14(8-9-17-15(18)10-11-24-17)12-16(20(19)25-2)13-6-4-3-5-7-13/h3-7,10-12H,8-9H2,1-2H3. The summed E-state index contributed by atoms with van der Waals surface area (Å²) >= 11 is 1.58. The van der Waals surface area contributed by atoms with Crippen LogP contribution in [0, 0.1) is 0 Å². The first-order valence-corrected chi connectivity index (χ1v) is 9.41. The number of aryl methyl sites for hydroxylation is 2. The molecule has 1 aliphatic carbocycles. The first kappa shape index (κ1) is 16.0. The van der Waals surface area contributed by atoms with Gasteiger partial charge in [0.05, 0.1) is 18.9 Å². The molecule has 1 aromatic heterocycles. The Morgan fingerprint density at radius 1 is 1.12 bits per heavy atom. The van der Waals surface area contributed by atoms with E-state index in [2.05, 4.69) is 18.2 Å². The van der Waals surface area contributed by atoms with Gasteiger partial charge in [0.15, 0.2) is 0 Å². The number of methoxy groups -OCH3 is 1. The van der Waals surface area contributed by atoms with Crippen molar-refractivity contribution in [3.8, 4) is 22.3 Å². The van der Waals surface area contributed by atoms with Crippen molar-refractivity contribution in [3.05, 3.63) is 65.6 Å². The van der Waals surface area contributed by atoms with E-state index in [4.69, 9.17) is 9.15 Å². The number of ether oxygens (including phenoxy) is 1. The fraction of sp³-hybridized carbons (Fsp3) is 0.190. The van der Waals surface area contributed by atoms with Gasteiger partial charge in [0.1, 0.15) is 5.76 Å². The molecule has 0 spiro atoms. The molecule has 0 bridgehead atoms. The molecule has 3 nitrogen and oxygen atoms in total. The summed E-state index contributed by atoms with van der Waals surface area (Å²) in [5.41, 5.74) is 5.99. The van der Waals surface area contributed by atoms with Crippen LogP contribution in [0.1, 0.15) is 21.7 Å². The molecule has 25 heavy (non-hydrogen) atoms. The molecule has 0 N–H and O–H groups in total. The maximum Gasteiger partial charge on any atom is 0.339 e. The van der Waals surface area contributed by atoms with Crippen LogP contribution in [0.4, 0.5) is 0 Å². The lowest BCUT2D eigenvalue weighted by atomic mass is 9.84. The number of benzene rings is 2. The smallest absolute Gasteiger partial charge is 0.339 e. The Morgan fingerprint density at radius 3 is 2.64 bits per heavy atom. The van der Waals surface area contributed by atoms with Gasteiger partial charge in [-0.15, -0.1) is 11.8 Å². The molecule has 0 atom stereocenters. The molecule has 4 rings (SSSR count). The molecule has 3 aromatic rings. The van der Waals surface area contributed by atoms with Crippen molar-refractivity contribution < 1.29 is 13.9 Å². The molecule has 126 valence electrons. The third kappa shape index (κ3) is 2.57. The lowest BCUT2D eigenvalue weighted by Crippen LogP contribution is -2.12. The Kier molecular flexibility index (Phi) is 4.14. The number of esters is 1. The first-order chi connectivity index (χ1) is 12.2. The maximum absolute atomic E-state index is 12.7. The monoisotopic (exact) mass is 350 g/mol. The fourth-order valence-electron chi connectivity index (χ4n) is 3.57. The van der Waals surface area contributed by atoms with E-state index in [1.807, 2.05) is 30.5 Å². The van der Waals surface area contributed by atoms with Gasteiger partial charge in [-0.25, -0.2) is 4.79 Å².